The lowest BCUT2D eigenvalue weighted by Crippen LogP contribution is -2.42. The molecular weight excluding hydrogens is 236 g/mol. The second-order valence-corrected chi connectivity index (χ2v) is 5.69. The largest absolute Gasteiger partial charge is 0.338 e. The number of rotatable bonds is 3. The Labute approximate surface area is 115 Å². The number of carbonyl (C=O) groups is 1. The van der Waals surface area contributed by atoms with Crippen LogP contribution in [0.25, 0.3) is 0 Å². The minimum Gasteiger partial charge on any atom is -0.338 e. The third-order valence-electron chi connectivity index (χ3n) is 4.28. The van der Waals surface area contributed by atoms with Crippen LogP contribution >= 0.6 is 0 Å². The number of carbonyl (C=O) groups excluding carboxylic acids is 1. The van der Waals surface area contributed by atoms with Crippen molar-refractivity contribution < 1.29 is 4.79 Å². The highest BCUT2D eigenvalue weighted by atomic mass is 16.2. The number of amides is 1. The van der Waals surface area contributed by atoms with Gasteiger partial charge in [-0.05, 0) is 42.9 Å². The summed E-state index contributed by atoms with van der Waals surface area (Å²) in [5.41, 5.74) is 7.52. The van der Waals surface area contributed by atoms with Crippen LogP contribution in [-0.4, -0.2) is 30.4 Å². The monoisotopic (exact) mass is 260 g/mol. The van der Waals surface area contributed by atoms with Crippen LogP contribution in [0.4, 0.5) is 0 Å². The van der Waals surface area contributed by atoms with Crippen molar-refractivity contribution in [1.82, 2.24) is 4.90 Å². The first-order chi connectivity index (χ1) is 9.13. The quantitative estimate of drug-likeness (QED) is 0.906. The predicted octanol–water partition coefficient (Wildman–Crippen LogP) is 2.31. The number of hydrogen-bond donors (Lipinski definition) is 1. The van der Waals surface area contributed by atoms with Gasteiger partial charge in [-0.25, -0.2) is 0 Å². The number of hydrogen-bond acceptors (Lipinski definition) is 2. The molecule has 0 bridgehead atoms. The average Bonchev–Trinajstić information content (AvgIpc) is 2.42. The molecular formula is C16H24N2O. The van der Waals surface area contributed by atoms with E-state index in [9.17, 15) is 4.79 Å². The maximum absolute atomic E-state index is 12.6. The van der Waals surface area contributed by atoms with Gasteiger partial charge >= 0.3 is 0 Å². The first kappa shape index (κ1) is 14.1. The summed E-state index contributed by atoms with van der Waals surface area (Å²) in [5.74, 6) is 1.46. The van der Waals surface area contributed by atoms with Crippen LogP contribution in [0, 0.1) is 11.8 Å². The molecule has 0 aliphatic carbocycles. The Morgan fingerprint density at radius 1 is 1.32 bits per heavy atom. The van der Waals surface area contributed by atoms with Gasteiger partial charge in [0.25, 0.3) is 5.91 Å². The van der Waals surface area contributed by atoms with Gasteiger partial charge in [-0.1, -0.05) is 32.0 Å². The third-order valence-corrected chi connectivity index (χ3v) is 4.28. The van der Waals surface area contributed by atoms with Gasteiger partial charge in [0.05, 0.1) is 0 Å². The van der Waals surface area contributed by atoms with Gasteiger partial charge in [0.2, 0.25) is 0 Å². The van der Waals surface area contributed by atoms with E-state index in [2.05, 4.69) is 13.8 Å². The highest BCUT2D eigenvalue weighted by molar-refractivity contribution is 5.95. The van der Waals surface area contributed by atoms with E-state index in [-0.39, 0.29) is 5.91 Å². The van der Waals surface area contributed by atoms with Crippen LogP contribution < -0.4 is 5.73 Å². The van der Waals surface area contributed by atoms with Crippen molar-refractivity contribution >= 4 is 5.91 Å². The molecule has 1 aliphatic rings. The molecule has 0 spiro atoms. The highest BCUT2D eigenvalue weighted by Crippen LogP contribution is 2.24. The molecule has 1 aromatic rings. The number of likely N-dealkylation sites (tertiary alicyclic amines) is 1. The summed E-state index contributed by atoms with van der Waals surface area (Å²) >= 11 is 0. The van der Waals surface area contributed by atoms with Gasteiger partial charge in [0, 0.05) is 18.7 Å². The van der Waals surface area contributed by atoms with Crippen LogP contribution in [-0.2, 0) is 6.42 Å². The highest BCUT2D eigenvalue weighted by Gasteiger charge is 2.27. The molecule has 3 heteroatoms. The van der Waals surface area contributed by atoms with E-state index in [4.69, 9.17) is 5.73 Å². The van der Waals surface area contributed by atoms with Crippen molar-refractivity contribution in [3.63, 3.8) is 0 Å². The summed E-state index contributed by atoms with van der Waals surface area (Å²) in [4.78, 5) is 14.6. The SMILES string of the molecule is CC1CCN(C(=O)c2ccccc2CCN)CC1C. The first-order valence-corrected chi connectivity index (χ1v) is 7.20. The van der Waals surface area contributed by atoms with E-state index in [0.717, 1.165) is 37.1 Å². The van der Waals surface area contributed by atoms with Crippen LogP contribution in [0.15, 0.2) is 24.3 Å². The molecule has 2 rings (SSSR count). The smallest absolute Gasteiger partial charge is 0.254 e. The van der Waals surface area contributed by atoms with Crippen molar-refractivity contribution in [2.45, 2.75) is 26.7 Å². The molecule has 0 radical (unpaired) electrons. The number of piperidine rings is 1. The zero-order valence-corrected chi connectivity index (χ0v) is 11.9. The average molecular weight is 260 g/mol. The first-order valence-electron chi connectivity index (χ1n) is 7.20. The van der Waals surface area contributed by atoms with E-state index >= 15 is 0 Å². The fourth-order valence-electron chi connectivity index (χ4n) is 2.72. The third kappa shape index (κ3) is 3.16. The van der Waals surface area contributed by atoms with Crippen LogP contribution in [0.3, 0.4) is 0 Å². The summed E-state index contributed by atoms with van der Waals surface area (Å²) < 4.78 is 0. The van der Waals surface area contributed by atoms with E-state index in [1.54, 1.807) is 0 Å². The number of nitrogens with zero attached hydrogens (tertiary/aromatic N) is 1. The number of benzene rings is 1. The van der Waals surface area contributed by atoms with Crippen molar-refractivity contribution in [3.8, 4) is 0 Å². The lowest BCUT2D eigenvalue weighted by molar-refractivity contribution is 0.0626. The molecule has 1 fully saturated rings. The molecule has 1 saturated heterocycles. The fourth-order valence-corrected chi connectivity index (χ4v) is 2.72. The Hall–Kier alpha value is -1.35. The molecule has 104 valence electrons. The Morgan fingerprint density at radius 2 is 2.05 bits per heavy atom. The molecule has 1 heterocycles. The van der Waals surface area contributed by atoms with Gasteiger partial charge < -0.3 is 10.6 Å². The van der Waals surface area contributed by atoms with Crippen molar-refractivity contribution in [2.24, 2.45) is 17.6 Å². The standard InChI is InChI=1S/C16H24N2O/c1-12-8-10-18(11-13(12)2)16(19)15-6-4-3-5-14(15)7-9-17/h3-6,12-13H,7-11,17H2,1-2H3. The second-order valence-electron chi connectivity index (χ2n) is 5.69. The zero-order valence-electron chi connectivity index (χ0n) is 11.9. The molecule has 1 amide bonds. The molecule has 2 N–H and O–H groups in total. The zero-order chi connectivity index (χ0) is 13.8. The molecule has 3 nitrogen and oxygen atoms in total. The summed E-state index contributed by atoms with van der Waals surface area (Å²) in [6.07, 6.45) is 1.87. The van der Waals surface area contributed by atoms with Crippen molar-refractivity contribution in [3.05, 3.63) is 35.4 Å². The molecule has 0 saturated carbocycles. The fraction of sp³-hybridized carbons (Fsp3) is 0.562. The lowest BCUT2D eigenvalue weighted by Gasteiger charge is -2.35. The van der Waals surface area contributed by atoms with E-state index < -0.39 is 0 Å². The van der Waals surface area contributed by atoms with Crippen molar-refractivity contribution in [2.75, 3.05) is 19.6 Å². The Bertz CT molecular complexity index is 444. The Kier molecular flexibility index (Phi) is 4.59. The number of nitrogens with two attached hydrogens (primary N) is 1. The van der Waals surface area contributed by atoms with Gasteiger partial charge in [0.15, 0.2) is 0 Å². The summed E-state index contributed by atoms with van der Waals surface area (Å²) in [5, 5.41) is 0. The minimum absolute atomic E-state index is 0.169. The summed E-state index contributed by atoms with van der Waals surface area (Å²) in [6.45, 7) is 6.83. The molecule has 0 aromatic heterocycles. The van der Waals surface area contributed by atoms with Gasteiger partial charge in [-0.3, -0.25) is 4.79 Å². The van der Waals surface area contributed by atoms with E-state index in [1.165, 1.54) is 0 Å². The maximum atomic E-state index is 12.6. The molecule has 19 heavy (non-hydrogen) atoms. The Morgan fingerprint density at radius 3 is 2.74 bits per heavy atom. The van der Waals surface area contributed by atoms with Gasteiger partial charge in [0.1, 0.15) is 0 Å². The normalized spacial score (nSPS) is 23.4. The van der Waals surface area contributed by atoms with Crippen molar-refractivity contribution in [1.29, 1.82) is 0 Å². The van der Waals surface area contributed by atoms with E-state index in [1.807, 2.05) is 29.2 Å². The summed E-state index contributed by atoms with van der Waals surface area (Å²) in [6, 6.07) is 7.85. The lowest BCUT2D eigenvalue weighted by atomic mass is 9.88. The van der Waals surface area contributed by atoms with E-state index in [0.29, 0.717) is 18.4 Å². The van der Waals surface area contributed by atoms with Crippen LogP contribution in [0.2, 0.25) is 0 Å². The summed E-state index contributed by atoms with van der Waals surface area (Å²) in [7, 11) is 0. The molecule has 2 atom stereocenters. The minimum atomic E-state index is 0.169. The van der Waals surface area contributed by atoms with Crippen LogP contribution in [0.5, 0.6) is 0 Å². The molecule has 1 aromatic carbocycles. The van der Waals surface area contributed by atoms with Gasteiger partial charge in [-0.2, -0.15) is 0 Å². The molecule has 1 aliphatic heterocycles. The Balaban J connectivity index is 2.15. The topological polar surface area (TPSA) is 46.3 Å². The van der Waals surface area contributed by atoms with Crippen LogP contribution in [0.1, 0.15) is 36.2 Å². The second kappa shape index (κ2) is 6.20. The maximum Gasteiger partial charge on any atom is 0.254 e. The molecule has 2 unspecified atom stereocenters. The van der Waals surface area contributed by atoms with Gasteiger partial charge in [-0.15, -0.1) is 0 Å². The predicted molar refractivity (Wildman–Crippen MR) is 78.0 cm³/mol.